The van der Waals surface area contributed by atoms with Crippen LogP contribution in [0.25, 0.3) is 0 Å². The number of rotatable bonds is 4. The first-order valence-corrected chi connectivity index (χ1v) is 7.86. The van der Waals surface area contributed by atoms with E-state index >= 15 is 0 Å². The van der Waals surface area contributed by atoms with Crippen LogP contribution < -0.4 is 5.32 Å². The van der Waals surface area contributed by atoms with E-state index < -0.39 is 0 Å². The molecule has 1 heterocycles. The van der Waals surface area contributed by atoms with Crippen LogP contribution in [0.1, 0.15) is 12.8 Å². The molecule has 0 spiro atoms. The Kier molecular flexibility index (Phi) is 5.55. The van der Waals surface area contributed by atoms with E-state index in [1.165, 1.54) is 0 Å². The number of halogens is 1. The molecule has 1 amide bonds. The molecule has 1 saturated heterocycles. The molecule has 0 saturated carbocycles. The van der Waals surface area contributed by atoms with Crippen LogP contribution in [0.2, 0.25) is 5.02 Å². The second kappa shape index (κ2) is 7.17. The van der Waals surface area contributed by atoms with Crippen LogP contribution in [0.5, 0.6) is 0 Å². The average molecular weight is 299 g/mol. The highest BCUT2D eigenvalue weighted by molar-refractivity contribution is 8.00. The normalized spacial score (nSPS) is 17.4. The number of nitrogens with one attached hydrogen (secondary N) is 1. The topological polar surface area (TPSA) is 32.3 Å². The average Bonchev–Trinajstić information content (AvgIpc) is 2.41. The zero-order valence-electron chi connectivity index (χ0n) is 11.1. The number of nitrogens with zero attached hydrogens (tertiary/aromatic N) is 1. The molecular weight excluding hydrogens is 280 g/mol. The number of hydrogen-bond acceptors (Lipinski definition) is 3. The molecule has 1 aliphatic heterocycles. The van der Waals surface area contributed by atoms with Crippen LogP contribution in [0, 0.1) is 0 Å². The molecule has 5 heteroatoms. The van der Waals surface area contributed by atoms with Gasteiger partial charge in [0.05, 0.1) is 5.75 Å². The quantitative estimate of drug-likeness (QED) is 0.867. The number of amides is 1. The molecule has 1 aliphatic rings. The van der Waals surface area contributed by atoms with Crippen molar-refractivity contribution in [2.45, 2.75) is 23.8 Å². The first kappa shape index (κ1) is 14.7. The maximum Gasteiger partial charge on any atom is 0.230 e. The predicted octanol–water partition coefficient (Wildman–Crippen LogP) is 2.64. The lowest BCUT2D eigenvalue weighted by Crippen LogP contribution is -2.43. The molecule has 0 aliphatic carbocycles. The van der Waals surface area contributed by atoms with Gasteiger partial charge < -0.3 is 10.2 Å². The van der Waals surface area contributed by atoms with Gasteiger partial charge in [0.15, 0.2) is 0 Å². The maximum atomic E-state index is 11.9. The van der Waals surface area contributed by atoms with E-state index in [1.54, 1.807) is 11.8 Å². The summed E-state index contributed by atoms with van der Waals surface area (Å²) >= 11 is 7.37. The van der Waals surface area contributed by atoms with E-state index in [-0.39, 0.29) is 5.91 Å². The zero-order valence-corrected chi connectivity index (χ0v) is 12.6. The van der Waals surface area contributed by atoms with Crippen molar-refractivity contribution in [2.75, 3.05) is 25.9 Å². The number of piperidine rings is 1. The summed E-state index contributed by atoms with van der Waals surface area (Å²) in [4.78, 5) is 15.2. The van der Waals surface area contributed by atoms with Gasteiger partial charge in [-0.3, -0.25) is 4.79 Å². The van der Waals surface area contributed by atoms with E-state index in [1.807, 2.05) is 24.3 Å². The second-order valence-corrected chi connectivity index (χ2v) is 6.37. The number of hydrogen-bond donors (Lipinski definition) is 1. The first-order valence-electron chi connectivity index (χ1n) is 6.50. The molecule has 1 aromatic carbocycles. The van der Waals surface area contributed by atoms with Crippen molar-refractivity contribution in [1.29, 1.82) is 0 Å². The monoisotopic (exact) mass is 298 g/mol. The molecule has 1 aromatic rings. The van der Waals surface area contributed by atoms with E-state index in [9.17, 15) is 4.79 Å². The Morgan fingerprint density at radius 2 is 2.00 bits per heavy atom. The van der Waals surface area contributed by atoms with Crippen LogP contribution in [-0.2, 0) is 4.79 Å². The fourth-order valence-electron chi connectivity index (χ4n) is 2.10. The number of likely N-dealkylation sites (tertiary alicyclic amines) is 1. The standard InChI is InChI=1S/C14H19ClN2OS/c1-17-8-6-12(7-9-17)16-14(18)10-19-13-4-2-11(15)3-5-13/h2-5,12H,6-10H2,1H3,(H,16,18). The summed E-state index contributed by atoms with van der Waals surface area (Å²) in [5.74, 6) is 0.586. The molecule has 19 heavy (non-hydrogen) atoms. The minimum absolute atomic E-state index is 0.120. The third-order valence-corrected chi connectivity index (χ3v) is 4.53. The third-order valence-electron chi connectivity index (χ3n) is 3.27. The summed E-state index contributed by atoms with van der Waals surface area (Å²) in [6.45, 7) is 2.13. The molecule has 0 bridgehead atoms. The summed E-state index contributed by atoms with van der Waals surface area (Å²) in [6, 6.07) is 7.91. The van der Waals surface area contributed by atoms with Crippen molar-refractivity contribution in [3.8, 4) is 0 Å². The molecular formula is C14H19ClN2OS. The fourth-order valence-corrected chi connectivity index (χ4v) is 2.94. The van der Waals surface area contributed by atoms with Crippen molar-refractivity contribution in [3.63, 3.8) is 0 Å². The lowest BCUT2D eigenvalue weighted by atomic mass is 10.1. The van der Waals surface area contributed by atoms with Gasteiger partial charge in [-0.1, -0.05) is 11.6 Å². The van der Waals surface area contributed by atoms with Crippen LogP contribution in [0.3, 0.4) is 0 Å². The molecule has 1 fully saturated rings. The molecule has 0 atom stereocenters. The summed E-state index contributed by atoms with van der Waals surface area (Å²) in [5, 5.41) is 3.83. The largest absolute Gasteiger partial charge is 0.353 e. The molecule has 2 rings (SSSR count). The minimum atomic E-state index is 0.120. The molecule has 0 unspecified atom stereocenters. The highest BCUT2D eigenvalue weighted by Crippen LogP contribution is 2.20. The highest BCUT2D eigenvalue weighted by atomic mass is 35.5. The van der Waals surface area contributed by atoms with E-state index in [4.69, 9.17) is 11.6 Å². The van der Waals surface area contributed by atoms with Gasteiger partial charge in [0.2, 0.25) is 5.91 Å². The Morgan fingerprint density at radius 3 is 2.63 bits per heavy atom. The Hall–Kier alpha value is -0.710. The van der Waals surface area contributed by atoms with Crippen molar-refractivity contribution >= 4 is 29.3 Å². The fraction of sp³-hybridized carbons (Fsp3) is 0.500. The molecule has 3 nitrogen and oxygen atoms in total. The lowest BCUT2D eigenvalue weighted by molar-refractivity contribution is -0.119. The summed E-state index contributed by atoms with van der Waals surface area (Å²) in [7, 11) is 2.12. The van der Waals surface area contributed by atoms with Gasteiger partial charge in [-0.15, -0.1) is 11.8 Å². The molecule has 1 N–H and O–H groups in total. The van der Waals surface area contributed by atoms with Gasteiger partial charge in [0, 0.05) is 16.0 Å². The van der Waals surface area contributed by atoms with Gasteiger partial charge in [-0.2, -0.15) is 0 Å². The van der Waals surface area contributed by atoms with E-state index in [0.29, 0.717) is 11.8 Å². The Bertz CT molecular complexity index is 416. The smallest absolute Gasteiger partial charge is 0.230 e. The van der Waals surface area contributed by atoms with Crippen molar-refractivity contribution < 1.29 is 4.79 Å². The number of thioether (sulfide) groups is 1. The Labute approximate surface area is 123 Å². The van der Waals surface area contributed by atoms with Gasteiger partial charge in [0.25, 0.3) is 0 Å². The molecule has 104 valence electrons. The van der Waals surface area contributed by atoms with Crippen LogP contribution >= 0.6 is 23.4 Å². The van der Waals surface area contributed by atoms with Crippen molar-refractivity contribution in [3.05, 3.63) is 29.3 Å². The van der Waals surface area contributed by atoms with Crippen LogP contribution in [-0.4, -0.2) is 42.7 Å². The summed E-state index contributed by atoms with van der Waals surface area (Å²) in [6.07, 6.45) is 2.10. The Balaban J connectivity index is 1.71. The van der Waals surface area contributed by atoms with Gasteiger partial charge >= 0.3 is 0 Å². The third kappa shape index (κ3) is 5.05. The second-order valence-electron chi connectivity index (χ2n) is 4.89. The first-order chi connectivity index (χ1) is 9.13. The molecule has 0 radical (unpaired) electrons. The van der Waals surface area contributed by atoms with Crippen molar-refractivity contribution in [1.82, 2.24) is 10.2 Å². The summed E-state index contributed by atoms with van der Waals surface area (Å²) < 4.78 is 0. The highest BCUT2D eigenvalue weighted by Gasteiger charge is 2.18. The Morgan fingerprint density at radius 1 is 1.37 bits per heavy atom. The molecule has 0 aromatic heterocycles. The zero-order chi connectivity index (χ0) is 13.7. The summed E-state index contributed by atoms with van der Waals surface area (Å²) in [5.41, 5.74) is 0. The van der Waals surface area contributed by atoms with E-state index in [2.05, 4.69) is 17.3 Å². The number of carbonyl (C=O) groups is 1. The van der Waals surface area contributed by atoms with E-state index in [0.717, 1.165) is 35.8 Å². The lowest BCUT2D eigenvalue weighted by Gasteiger charge is -2.29. The van der Waals surface area contributed by atoms with Crippen LogP contribution in [0.15, 0.2) is 29.2 Å². The number of benzene rings is 1. The van der Waals surface area contributed by atoms with Gasteiger partial charge in [-0.05, 0) is 57.2 Å². The number of carbonyl (C=O) groups excluding carboxylic acids is 1. The minimum Gasteiger partial charge on any atom is -0.353 e. The van der Waals surface area contributed by atoms with Crippen LogP contribution in [0.4, 0.5) is 0 Å². The van der Waals surface area contributed by atoms with Gasteiger partial charge in [0.1, 0.15) is 0 Å². The SMILES string of the molecule is CN1CCC(NC(=O)CSc2ccc(Cl)cc2)CC1. The maximum absolute atomic E-state index is 11.9. The van der Waals surface area contributed by atoms with Crippen molar-refractivity contribution in [2.24, 2.45) is 0 Å². The van der Waals surface area contributed by atoms with Gasteiger partial charge in [-0.25, -0.2) is 0 Å². The predicted molar refractivity (Wildman–Crippen MR) is 80.8 cm³/mol.